The Kier molecular flexibility index (Phi) is 5.91. The van der Waals surface area contributed by atoms with Crippen molar-refractivity contribution < 1.29 is 13.2 Å². The summed E-state index contributed by atoms with van der Waals surface area (Å²) in [5.74, 6) is 6.95. The molecular weight excluding hydrogens is 303 g/mol. The van der Waals surface area contributed by atoms with Crippen LogP contribution in [-0.4, -0.2) is 25.6 Å². The van der Waals surface area contributed by atoms with Crippen LogP contribution >= 0.6 is 0 Å². The first-order valence-electron chi connectivity index (χ1n) is 7.67. The molecule has 1 saturated carbocycles. The zero-order valence-corrected chi connectivity index (χ0v) is 13.0. The van der Waals surface area contributed by atoms with E-state index >= 15 is 0 Å². The summed E-state index contributed by atoms with van der Waals surface area (Å²) >= 11 is 0. The largest absolute Gasteiger partial charge is 0.416 e. The van der Waals surface area contributed by atoms with Gasteiger partial charge in [-0.15, -0.1) is 0 Å². The van der Waals surface area contributed by atoms with Crippen molar-refractivity contribution in [2.24, 2.45) is 10.9 Å². The van der Waals surface area contributed by atoms with E-state index in [1.54, 1.807) is 6.07 Å². The van der Waals surface area contributed by atoms with Crippen molar-refractivity contribution in [2.75, 3.05) is 19.6 Å². The van der Waals surface area contributed by atoms with E-state index in [1.807, 2.05) is 6.92 Å². The Morgan fingerprint density at radius 2 is 2.09 bits per heavy atom. The van der Waals surface area contributed by atoms with Gasteiger partial charge in [-0.05, 0) is 43.9 Å². The third kappa shape index (κ3) is 6.23. The van der Waals surface area contributed by atoms with Crippen LogP contribution < -0.4 is 10.6 Å². The van der Waals surface area contributed by atoms with Gasteiger partial charge < -0.3 is 10.6 Å². The fourth-order valence-electron chi connectivity index (χ4n) is 1.91. The van der Waals surface area contributed by atoms with Gasteiger partial charge in [-0.3, -0.25) is 4.99 Å². The highest BCUT2D eigenvalue weighted by molar-refractivity contribution is 5.80. The number of nitrogens with zero attached hydrogens (tertiary/aromatic N) is 1. The SMILES string of the molecule is CCNC(=NCC1CC1)NCC#Cc1cccc(C(F)(F)F)c1. The Hall–Kier alpha value is -2.16. The topological polar surface area (TPSA) is 36.4 Å². The minimum atomic E-state index is -4.34. The first-order chi connectivity index (χ1) is 11.0. The quantitative estimate of drug-likeness (QED) is 0.508. The van der Waals surface area contributed by atoms with Crippen LogP contribution in [0.5, 0.6) is 0 Å². The van der Waals surface area contributed by atoms with Crippen molar-refractivity contribution in [2.45, 2.75) is 25.9 Å². The molecule has 0 radical (unpaired) electrons. The summed E-state index contributed by atoms with van der Waals surface area (Å²) in [6.07, 6.45) is -1.87. The van der Waals surface area contributed by atoms with E-state index in [0.717, 1.165) is 25.2 Å². The summed E-state index contributed by atoms with van der Waals surface area (Å²) < 4.78 is 37.9. The predicted octanol–water partition coefficient (Wildman–Crippen LogP) is 3.02. The first kappa shape index (κ1) is 17.2. The van der Waals surface area contributed by atoms with Gasteiger partial charge in [0.2, 0.25) is 0 Å². The maximum Gasteiger partial charge on any atom is 0.416 e. The van der Waals surface area contributed by atoms with Crippen LogP contribution in [-0.2, 0) is 6.18 Å². The number of guanidine groups is 1. The maximum absolute atomic E-state index is 12.6. The molecule has 1 fully saturated rings. The zero-order chi connectivity index (χ0) is 16.7. The highest BCUT2D eigenvalue weighted by Gasteiger charge is 2.30. The minimum absolute atomic E-state index is 0.326. The van der Waals surface area contributed by atoms with Gasteiger partial charge in [0.25, 0.3) is 0 Å². The molecule has 1 aliphatic carbocycles. The second-order valence-corrected chi connectivity index (χ2v) is 5.40. The van der Waals surface area contributed by atoms with E-state index in [1.165, 1.54) is 18.9 Å². The average Bonchev–Trinajstić information content (AvgIpc) is 3.33. The Labute approximate surface area is 134 Å². The molecule has 0 aromatic heterocycles. The molecule has 1 aliphatic rings. The van der Waals surface area contributed by atoms with Gasteiger partial charge in [-0.1, -0.05) is 17.9 Å². The summed E-state index contributed by atoms with van der Waals surface area (Å²) in [6, 6.07) is 5.02. The summed E-state index contributed by atoms with van der Waals surface area (Å²) in [4.78, 5) is 4.44. The van der Waals surface area contributed by atoms with Gasteiger partial charge >= 0.3 is 6.18 Å². The third-order valence-electron chi connectivity index (χ3n) is 3.32. The Bertz CT molecular complexity index is 607. The fourth-order valence-corrected chi connectivity index (χ4v) is 1.91. The van der Waals surface area contributed by atoms with Crippen LogP contribution in [0.25, 0.3) is 0 Å². The van der Waals surface area contributed by atoms with Gasteiger partial charge in [0.1, 0.15) is 0 Å². The first-order valence-corrected chi connectivity index (χ1v) is 7.67. The van der Waals surface area contributed by atoms with Crippen LogP contribution in [0.4, 0.5) is 13.2 Å². The van der Waals surface area contributed by atoms with Gasteiger partial charge in [-0.2, -0.15) is 13.2 Å². The fraction of sp³-hybridized carbons (Fsp3) is 0.471. The number of alkyl halides is 3. The predicted molar refractivity (Wildman–Crippen MR) is 85.0 cm³/mol. The molecule has 1 aromatic carbocycles. The molecular formula is C17H20F3N3. The van der Waals surface area contributed by atoms with E-state index in [0.29, 0.717) is 24.0 Å². The molecule has 0 atom stereocenters. The summed E-state index contributed by atoms with van der Waals surface area (Å²) in [7, 11) is 0. The van der Waals surface area contributed by atoms with Crippen LogP contribution in [0.15, 0.2) is 29.3 Å². The molecule has 0 heterocycles. The highest BCUT2D eigenvalue weighted by atomic mass is 19.4. The van der Waals surface area contributed by atoms with Crippen LogP contribution in [0.2, 0.25) is 0 Å². The molecule has 6 heteroatoms. The maximum atomic E-state index is 12.6. The molecule has 124 valence electrons. The Morgan fingerprint density at radius 3 is 2.74 bits per heavy atom. The molecule has 2 rings (SSSR count). The van der Waals surface area contributed by atoms with Crippen molar-refractivity contribution in [1.82, 2.24) is 10.6 Å². The third-order valence-corrected chi connectivity index (χ3v) is 3.32. The minimum Gasteiger partial charge on any atom is -0.357 e. The summed E-state index contributed by atoms with van der Waals surface area (Å²) in [5.41, 5.74) is -0.335. The lowest BCUT2D eigenvalue weighted by atomic mass is 10.1. The molecule has 0 saturated heterocycles. The van der Waals surface area contributed by atoms with E-state index in [-0.39, 0.29) is 0 Å². The monoisotopic (exact) mass is 323 g/mol. The lowest BCUT2D eigenvalue weighted by Crippen LogP contribution is -2.37. The number of benzene rings is 1. The number of halogens is 3. The molecule has 2 N–H and O–H groups in total. The number of hydrogen-bond acceptors (Lipinski definition) is 1. The van der Waals surface area contributed by atoms with E-state index in [2.05, 4.69) is 27.5 Å². The van der Waals surface area contributed by atoms with Crippen LogP contribution in [0, 0.1) is 17.8 Å². The molecule has 3 nitrogen and oxygen atoms in total. The van der Waals surface area contributed by atoms with Crippen molar-refractivity contribution in [1.29, 1.82) is 0 Å². The zero-order valence-electron chi connectivity index (χ0n) is 13.0. The molecule has 0 aliphatic heterocycles. The molecule has 0 bridgehead atoms. The normalized spacial score (nSPS) is 14.9. The second kappa shape index (κ2) is 7.91. The molecule has 0 amide bonds. The van der Waals surface area contributed by atoms with Crippen molar-refractivity contribution in [3.05, 3.63) is 35.4 Å². The Morgan fingerprint density at radius 1 is 1.30 bits per heavy atom. The molecule has 23 heavy (non-hydrogen) atoms. The number of nitrogens with one attached hydrogen (secondary N) is 2. The van der Waals surface area contributed by atoms with Crippen LogP contribution in [0.3, 0.4) is 0 Å². The van der Waals surface area contributed by atoms with Crippen molar-refractivity contribution in [3.8, 4) is 11.8 Å². The van der Waals surface area contributed by atoms with E-state index in [4.69, 9.17) is 0 Å². The summed E-state index contributed by atoms with van der Waals surface area (Å²) in [5, 5.41) is 6.18. The van der Waals surface area contributed by atoms with Gasteiger partial charge in [-0.25, -0.2) is 0 Å². The van der Waals surface area contributed by atoms with Gasteiger partial charge in [0, 0.05) is 18.7 Å². The Balaban J connectivity index is 1.90. The number of hydrogen-bond donors (Lipinski definition) is 2. The average molecular weight is 323 g/mol. The lowest BCUT2D eigenvalue weighted by molar-refractivity contribution is -0.137. The van der Waals surface area contributed by atoms with Gasteiger partial charge in [0.15, 0.2) is 5.96 Å². The molecule has 1 aromatic rings. The second-order valence-electron chi connectivity index (χ2n) is 5.40. The van der Waals surface area contributed by atoms with Gasteiger partial charge in [0.05, 0.1) is 12.1 Å². The summed E-state index contributed by atoms with van der Waals surface area (Å²) in [6.45, 7) is 3.85. The highest BCUT2D eigenvalue weighted by Crippen LogP contribution is 2.29. The standard InChI is InChI=1S/C17H20F3N3/c1-2-21-16(23-12-14-8-9-14)22-10-4-6-13-5-3-7-15(11-13)17(18,19)20/h3,5,7,11,14H,2,8-10,12H2,1H3,(H2,21,22,23). The number of aliphatic imine (C=N–C) groups is 1. The van der Waals surface area contributed by atoms with Crippen molar-refractivity contribution >= 4 is 5.96 Å². The smallest absolute Gasteiger partial charge is 0.357 e. The van der Waals surface area contributed by atoms with Crippen molar-refractivity contribution in [3.63, 3.8) is 0 Å². The number of rotatable bonds is 4. The van der Waals surface area contributed by atoms with Crippen LogP contribution in [0.1, 0.15) is 30.9 Å². The lowest BCUT2D eigenvalue weighted by Gasteiger charge is -2.08. The molecule has 0 spiro atoms. The van der Waals surface area contributed by atoms with E-state index < -0.39 is 11.7 Å². The molecule has 0 unspecified atom stereocenters. The van der Waals surface area contributed by atoms with E-state index in [9.17, 15) is 13.2 Å².